The molecule has 0 radical (unpaired) electrons. The van der Waals surface area contributed by atoms with E-state index in [-0.39, 0.29) is 25.2 Å². The first-order chi connectivity index (χ1) is 39.1. The molecule has 0 rings (SSSR count). The van der Waals surface area contributed by atoms with E-state index >= 15 is 0 Å². The van der Waals surface area contributed by atoms with Crippen LogP contribution in [0.5, 0.6) is 0 Å². The number of carbonyl (C=O) groups excluding carboxylic acids is 2. The Morgan fingerprint density at radius 1 is 0.278 bits per heavy atom. The Labute approximate surface area is 496 Å². The largest absolute Gasteiger partial charge is 0.462 e. The summed E-state index contributed by atoms with van der Waals surface area (Å²) in [6.45, 7) is 4.22. The molecule has 79 heavy (non-hydrogen) atoms. The summed E-state index contributed by atoms with van der Waals surface area (Å²) < 4.78 is 10.8. The van der Waals surface area contributed by atoms with Crippen molar-refractivity contribution in [2.75, 3.05) is 13.2 Å². The van der Waals surface area contributed by atoms with Crippen LogP contribution in [0.1, 0.15) is 431 Å². The Morgan fingerprint density at radius 2 is 0.468 bits per heavy atom. The lowest BCUT2D eigenvalue weighted by atomic mass is 10.0. The summed E-state index contributed by atoms with van der Waals surface area (Å²) in [5, 5.41) is 9.71. The van der Waals surface area contributed by atoms with E-state index in [1.165, 1.54) is 372 Å². The molecule has 1 unspecified atom stereocenters. The number of unbranched alkanes of at least 4 members (excludes halogenated alkanes) is 60. The average Bonchev–Trinajstić information content (AvgIpc) is 3.45. The Morgan fingerprint density at radius 3 is 0.684 bits per heavy atom. The Bertz CT molecular complexity index is 1170. The molecule has 0 aromatic rings. The standard InChI is InChI=1S/C74H144O5/c1-3-5-7-9-11-13-15-17-19-21-23-25-27-29-31-33-35-36-37-38-39-41-43-45-47-49-51-53-55-57-59-61-63-65-67-69-74(77)79-72(70-75)71-78-73(76)68-66-64-62-60-58-56-54-52-50-48-46-44-42-40-34-32-30-28-26-24-22-20-18-16-14-12-10-8-6-4-2/h21,23,72,75H,3-20,22,24-71H2,1-2H3/b23-21-. The van der Waals surface area contributed by atoms with E-state index in [1.807, 2.05) is 0 Å². The lowest BCUT2D eigenvalue weighted by Crippen LogP contribution is -2.28. The van der Waals surface area contributed by atoms with Crippen LogP contribution in [0.15, 0.2) is 12.2 Å². The van der Waals surface area contributed by atoms with Crippen LogP contribution < -0.4 is 0 Å². The summed E-state index contributed by atoms with van der Waals surface area (Å²) >= 11 is 0. The second kappa shape index (κ2) is 70.9. The molecule has 5 nitrogen and oxygen atoms in total. The van der Waals surface area contributed by atoms with Gasteiger partial charge >= 0.3 is 11.9 Å². The molecule has 0 aliphatic heterocycles. The highest BCUT2D eigenvalue weighted by Crippen LogP contribution is 2.20. The van der Waals surface area contributed by atoms with Gasteiger partial charge in [-0.2, -0.15) is 0 Å². The van der Waals surface area contributed by atoms with E-state index in [0.717, 1.165) is 32.1 Å². The summed E-state index contributed by atoms with van der Waals surface area (Å²) in [7, 11) is 0. The van der Waals surface area contributed by atoms with Crippen molar-refractivity contribution in [1.82, 2.24) is 0 Å². The van der Waals surface area contributed by atoms with E-state index < -0.39 is 6.10 Å². The zero-order valence-corrected chi connectivity index (χ0v) is 54.2. The molecule has 0 aromatic heterocycles. The topological polar surface area (TPSA) is 72.8 Å². The second-order valence-corrected chi connectivity index (χ2v) is 25.4. The lowest BCUT2D eigenvalue weighted by molar-refractivity contribution is -0.161. The number of esters is 2. The number of hydrogen-bond donors (Lipinski definition) is 1. The summed E-state index contributed by atoms with van der Waals surface area (Å²) in [5.41, 5.74) is 0. The van der Waals surface area contributed by atoms with E-state index in [1.54, 1.807) is 0 Å². The number of allylic oxidation sites excluding steroid dienone is 2. The van der Waals surface area contributed by atoms with Crippen molar-refractivity contribution in [3.05, 3.63) is 12.2 Å². The highest BCUT2D eigenvalue weighted by molar-refractivity contribution is 5.70. The van der Waals surface area contributed by atoms with Crippen molar-refractivity contribution in [2.45, 2.75) is 437 Å². The first kappa shape index (κ1) is 77.6. The molecule has 0 spiro atoms. The number of hydrogen-bond acceptors (Lipinski definition) is 5. The molecule has 0 aromatic carbocycles. The fraction of sp³-hybridized carbons (Fsp3) is 0.946. The minimum atomic E-state index is -0.767. The van der Waals surface area contributed by atoms with Crippen molar-refractivity contribution < 1.29 is 24.2 Å². The number of carbonyl (C=O) groups is 2. The summed E-state index contributed by atoms with van der Waals surface area (Å²) in [6, 6.07) is 0. The van der Waals surface area contributed by atoms with E-state index in [2.05, 4.69) is 26.0 Å². The van der Waals surface area contributed by atoms with Gasteiger partial charge < -0.3 is 14.6 Å². The average molecular weight is 1110 g/mol. The monoisotopic (exact) mass is 1110 g/mol. The van der Waals surface area contributed by atoms with Gasteiger partial charge in [0.05, 0.1) is 6.61 Å². The molecule has 1 atom stereocenters. The number of ether oxygens (including phenoxy) is 2. The van der Waals surface area contributed by atoms with Gasteiger partial charge in [-0.25, -0.2) is 0 Å². The van der Waals surface area contributed by atoms with Crippen LogP contribution in [0.4, 0.5) is 0 Å². The van der Waals surface area contributed by atoms with Crippen LogP contribution in [0.2, 0.25) is 0 Å². The SMILES string of the molecule is CCCCCCCCCC/C=C\CCCCCCCCCCCCCCCCCCCCCCCCCC(=O)OC(CO)COC(=O)CCCCCCCCCCCCCCCCCCCCCCCCCCCCCCCC. The van der Waals surface area contributed by atoms with Gasteiger partial charge in [-0.1, -0.05) is 392 Å². The van der Waals surface area contributed by atoms with Crippen LogP contribution >= 0.6 is 0 Å². The fourth-order valence-electron chi connectivity index (χ4n) is 11.8. The molecule has 0 heterocycles. The van der Waals surface area contributed by atoms with Crippen LogP contribution in [0, 0.1) is 0 Å². The van der Waals surface area contributed by atoms with Crippen molar-refractivity contribution in [3.63, 3.8) is 0 Å². The maximum absolute atomic E-state index is 12.4. The quantitative estimate of drug-likeness (QED) is 0.0373. The molecule has 0 aliphatic carbocycles. The van der Waals surface area contributed by atoms with Gasteiger partial charge in [0, 0.05) is 12.8 Å². The molecule has 0 aliphatic rings. The molecule has 1 N–H and O–H groups in total. The minimum absolute atomic E-state index is 0.0563. The molecule has 470 valence electrons. The van der Waals surface area contributed by atoms with E-state index in [9.17, 15) is 14.7 Å². The number of rotatable bonds is 70. The van der Waals surface area contributed by atoms with Crippen molar-refractivity contribution in [2.24, 2.45) is 0 Å². The highest BCUT2D eigenvalue weighted by Gasteiger charge is 2.16. The molecule has 0 bridgehead atoms. The van der Waals surface area contributed by atoms with Crippen molar-refractivity contribution >= 4 is 11.9 Å². The fourth-order valence-corrected chi connectivity index (χ4v) is 11.8. The summed E-state index contributed by atoms with van der Waals surface area (Å²) in [6.07, 6.45) is 91.4. The zero-order valence-electron chi connectivity index (χ0n) is 54.2. The molecule has 0 amide bonds. The van der Waals surface area contributed by atoms with Crippen molar-refractivity contribution in [1.29, 1.82) is 0 Å². The van der Waals surface area contributed by atoms with E-state index in [0.29, 0.717) is 12.8 Å². The first-order valence-electron chi connectivity index (χ1n) is 36.7. The second-order valence-electron chi connectivity index (χ2n) is 25.4. The molecular formula is C74H144O5. The van der Waals surface area contributed by atoms with Gasteiger partial charge in [-0.3, -0.25) is 9.59 Å². The third-order valence-corrected chi connectivity index (χ3v) is 17.3. The third-order valence-electron chi connectivity index (χ3n) is 17.3. The van der Waals surface area contributed by atoms with Gasteiger partial charge in [-0.15, -0.1) is 0 Å². The minimum Gasteiger partial charge on any atom is -0.462 e. The molecule has 5 heteroatoms. The predicted molar refractivity (Wildman–Crippen MR) is 349 cm³/mol. The maximum atomic E-state index is 12.4. The first-order valence-corrected chi connectivity index (χ1v) is 36.7. The highest BCUT2D eigenvalue weighted by atomic mass is 16.6. The maximum Gasteiger partial charge on any atom is 0.306 e. The third kappa shape index (κ3) is 69.0. The number of aliphatic hydroxyl groups excluding tert-OH is 1. The molecule has 0 fully saturated rings. The van der Waals surface area contributed by atoms with Crippen LogP contribution in [-0.4, -0.2) is 36.4 Å². The molecule has 0 saturated carbocycles. The smallest absolute Gasteiger partial charge is 0.306 e. The molecule has 0 saturated heterocycles. The summed E-state index contributed by atoms with van der Waals surface area (Å²) in [4.78, 5) is 24.7. The van der Waals surface area contributed by atoms with Gasteiger partial charge in [0.15, 0.2) is 6.10 Å². The lowest BCUT2D eigenvalue weighted by Gasteiger charge is -2.15. The zero-order chi connectivity index (χ0) is 56.9. The number of aliphatic hydroxyl groups is 1. The van der Waals surface area contributed by atoms with Gasteiger partial charge in [0.2, 0.25) is 0 Å². The Hall–Kier alpha value is -1.36. The van der Waals surface area contributed by atoms with Gasteiger partial charge in [-0.05, 0) is 38.5 Å². The Balaban J connectivity index is 3.35. The van der Waals surface area contributed by atoms with Crippen LogP contribution in [0.25, 0.3) is 0 Å². The van der Waals surface area contributed by atoms with Gasteiger partial charge in [0.25, 0.3) is 0 Å². The predicted octanol–water partition coefficient (Wildman–Crippen LogP) is 25.4. The van der Waals surface area contributed by atoms with Crippen molar-refractivity contribution in [3.8, 4) is 0 Å². The Kier molecular flexibility index (Phi) is 69.7. The van der Waals surface area contributed by atoms with E-state index in [4.69, 9.17) is 9.47 Å². The van der Waals surface area contributed by atoms with Crippen LogP contribution in [0.3, 0.4) is 0 Å². The van der Waals surface area contributed by atoms with Crippen LogP contribution in [-0.2, 0) is 19.1 Å². The summed E-state index contributed by atoms with van der Waals surface area (Å²) in [5.74, 6) is -0.559. The van der Waals surface area contributed by atoms with Gasteiger partial charge in [0.1, 0.15) is 6.61 Å². The normalized spacial score (nSPS) is 12.1. The molecular weight excluding hydrogens is 969 g/mol.